The number of halogens is 1. The highest BCUT2D eigenvalue weighted by atomic mass is 35.5. The van der Waals surface area contributed by atoms with E-state index in [1.165, 1.54) is 0 Å². The van der Waals surface area contributed by atoms with Crippen LogP contribution in [0.25, 0.3) is 0 Å². The van der Waals surface area contributed by atoms with E-state index in [1.54, 1.807) is 0 Å². The maximum Gasteiger partial charge on any atom is 0.169 e. The van der Waals surface area contributed by atoms with Gasteiger partial charge in [0.2, 0.25) is 0 Å². The standard InChI is InChI=1S/C16H18ClNO2/c1-3-19-14-9-4-5-10-15(14)20-16-12(11-18-2)7-6-8-13(16)17/h4-10,18H,3,11H2,1-2H3. The van der Waals surface area contributed by atoms with E-state index < -0.39 is 0 Å². The number of nitrogens with one attached hydrogen (secondary N) is 1. The number of rotatable bonds is 6. The zero-order valence-electron chi connectivity index (χ0n) is 11.7. The van der Waals surface area contributed by atoms with Crippen LogP contribution in [0.4, 0.5) is 0 Å². The molecule has 0 aliphatic carbocycles. The van der Waals surface area contributed by atoms with Gasteiger partial charge in [-0.3, -0.25) is 0 Å². The zero-order chi connectivity index (χ0) is 14.4. The van der Waals surface area contributed by atoms with E-state index in [2.05, 4.69) is 5.32 Å². The summed E-state index contributed by atoms with van der Waals surface area (Å²) in [5.74, 6) is 2.04. The largest absolute Gasteiger partial charge is 0.490 e. The van der Waals surface area contributed by atoms with E-state index in [9.17, 15) is 0 Å². The van der Waals surface area contributed by atoms with Gasteiger partial charge in [-0.15, -0.1) is 0 Å². The number of hydrogen-bond acceptors (Lipinski definition) is 3. The molecule has 0 saturated heterocycles. The van der Waals surface area contributed by atoms with Gasteiger partial charge in [0.1, 0.15) is 0 Å². The molecule has 0 spiro atoms. The Kier molecular flexibility index (Phi) is 5.27. The fraction of sp³-hybridized carbons (Fsp3) is 0.250. The molecule has 0 aromatic heterocycles. The third-order valence-electron chi connectivity index (χ3n) is 2.78. The first-order chi connectivity index (χ1) is 9.76. The van der Waals surface area contributed by atoms with Crippen LogP contribution >= 0.6 is 11.6 Å². The zero-order valence-corrected chi connectivity index (χ0v) is 12.4. The highest BCUT2D eigenvalue weighted by molar-refractivity contribution is 6.32. The second-order valence-corrected chi connectivity index (χ2v) is 4.65. The molecule has 2 aromatic rings. The summed E-state index contributed by atoms with van der Waals surface area (Å²) in [6, 6.07) is 13.3. The van der Waals surface area contributed by atoms with E-state index in [-0.39, 0.29) is 0 Å². The number of benzene rings is 2. The van der Waals surface area contributed by atoms with Crippen LogP contribution in [0.3, 0.4) is 0 Å². The van der Waals surface area contributed by atoms with Gasteiger partial charge in [-0.05, 0) is 32.2 Å². The average molecular weight is 292 g/mol. The summed E-state index contributed by atoms with van der Waals surface area (Å²) in [6.45, 7) is 3.22. The molecule has 0 unspecified atom stereocenters. The molecule has 0 aliphatic rings. The Hall–Kier alpha value is -1.71. The molecule has 20 heavy (non-hydrogen) atoms. The quantitative estimate of drug-likeness (QED) is 0.863. The van der Waals surface area contributed by atoms with Crippen LogP contribution in [0.15, 0.2) is 42.5 Å². The van der Waals surface area contributed by atoms with E-state index in [1.807, 2.05) is 56.4 Å². The van der Waals surface area contributed by atoms with E-state index in [0.717, 1.165) is 5.56 Å². The summed E-state index contributed by atoms with van der Waals surface area (Å²) in [5, 5.41) is 3.69. The molecule has 0 radical (unpaired) electrons. The molecule has 106 valence electrons. The van der Waals surface area contributed by atoms with Crippen molar-refractivity contribution in [3.63, 3.8) is 0 Å². The summed E-state index contributed by atoms with van der Waals surface area (Å²) >= 11 is 6.25. The van der Waals surface area contributed by atoms with Gasteiger partial charge in [-0.25, -0.2) is 0 Å². The number of ether oxygens (including phenoxy) is 2. The lowest BCUT2D eigenvalue weighted by atomic mass is 10.2. The maximum absolute atomic E-state index is 6.25. The molecular weight excluding hydrogens is 274 g/mol. The summed E-state index contributed by atoms with van der Waals surface area (Å²) in [4.78, 5) is 0. The van der Waals surface area contributed by atoms with E-state index >= 15 is 0 Å². The van der Waals surface area contributed by atoms with Crippen molar-refractivity contribution in [2.24, 2.45) is 0 Å². The third kappa shape index (κ3) is 3.44. The van der Waals surface area contributed by atoms with Crippen LogP contribution in [-0.2, 0) is 6.54 Å². The Labute approximate surface area is 124 Å². The van der Waals surface area contributed by atoms with Gasteiger partial charge < -0.3 is 14.8 Å². The number of hydrogen-bond donors (Lipinski definition) is 1. The van der Waals surface area contributed by atoms with Crippen LogP contribution < -0.4 is 14.8 Å². The van der Waals surface area contributed by atoms with Crippen LogP contribution in [-0.4, -0.2) is 13.7 Å². The van der Waals surface area contributed by atoms with Gasteiger partial charge in [-0.2, -0.15) is 0 Å². The van der Waals surface area contributed by atoms with Crippen LogP contribution in [0.5, 0.6) is 17.2 Å². The predicted octanol–water partition coefficient (Wildman–Crippen LogP) is 4.25. The minimum atomic E-state index is 0.587. The van der Waals surface area contributed by atoms with Crippen molar-refractivity contribution in [1.82, 2.24) is 5.32 Å². The Morgan fingerprint density at radius 2 is 1.80 bits per heavy atom. The smallest absolute Gasteiger partial charge is 0.169 e. The molecule has 0 heterocycles. The van der Waals surface area contributed by atoms with Crippen molar-refractivity contribution in [3.05, 3.63) is 53.1 Å². The molecule has 0 aliphatic heterocycles. The van der Waals surface area contributed by atoms with Crippen LogP contribution in [0.1, 0.15) is 12.5 Å². The highest BCUT2D eigenvalue weighted by Crippen LogP contribution is 2.37. The van der Waals surface area contributed by atoms with Gasteiger partial charge in [0.05, 0.1) is 11.6 Å². The highest BCUT2D eigenvalue weighted by Gasteiger charge is 2.12. The monoisotopic (exact) mass is 291 g/mol. The normalized spacial score (nSPS) is 10.3. The Morgan fingerprint density at radius 1 is 1.05 bits per heavy atom. The van der Waals surface area contributed by atoms with Crippen LogP contribution in [0.2, 0.25) is 5.02 Å². The molecule has 4 heteroatoms. The molecule has 2 aromatic carbocycles. The minimum absolute atomic E-state index is 0.587. The first-order valence-electron chi connectivity index (χ1n) is 6.58. The summed E-state index contributed by atoms with van der Waals surface area (Å²) in [7, 11) is 1.89. The minimum Gasteiger partial charge on any atom is -0.490 e. The van der Waals surface area contributed by atoms with Crippen molar-refractivity contribution in [3.8, 4) is 17.2 Å². The van der Waals surface area contributed by atoms with Crippen molar-refractivity contribution < 1.29 is 9.47 Å². The molecular formula is C16H18ClNO2. The maximum atomic E-state index is 6.25. The second-order valence-electron chi connectivity index (χ2n) is 4.24. The lowest BCUT2D eigenvalue weighted by Crippen LogP contribution is -2.06. The topological polar surface area (TPSA) is 30.5 Å². The molecule has 0 saturated carbocycles. The number of para-hydroxylation sites is 3. The SMILES string of the molecule is CCOc1ccccc1Oc1c(Cl)cccc1CNC. The Balaban J connectivity index is 2.34. The van der Waals surface area contributed by atoms with Crippen molar-refractivity contribution in [1.29, 1.82) is 0 Å². The third-order valence-corrected chi connectivity index (χ3v) is 3.07. The van der Waals surface area contributed by atoms with Gasteiger partial charge in [-0.1, -0.05) is 35.9 Å². The predicted molar refractivity (Wildman–Crippen MR) is 81.9 cm³/mol. The summed E-state index contributed by atoms with van der Waals surface area (Å²) < 4.78 is 11.5. The van der Waals surface area contributed by atoms with Gasteiger partial charge in [0, 0.05) is 12.1 Å². The fourth-order valence-electron chi connectivity index (χ4n) is 1.92. The summed E-state index contributed by atoms with van der Waals surface area (Å²) in [6.07, 6.45) is 0. The van der Waals surface area contributed by atoms with Crippen molar-refractivity contribution in [2.45, 2.75) is 13.5 Å². The molecule has 0 bridgehead atoms. The van der Waals surface area contributed by atoms with E-state index in [0.29, 0.717) is 35.4 Å². The Morgan fingerprint density at radius 3 is 2.50 bits per heavy atom. The summed E-state index contributed by atoms with van der Waals surface area (Å²) in [5.41, 5.74) is 1.01. The van der Waals surface area contributed by atoms with Crippen molar-refractivity contribution in [2.75, 3.05) is 13.7 Å². The lowest BCUT2D eigenvalue weighted by molar-refractivity contribution is 0.321. The van der Waals surface area contributed by atoms with Crippen molar-refractivity contribution >= 4 is 11.6 Å². The first kappa shape index (κ1) is 14.7. The lowest BCUT2D eigenvalue weighted by Gasteiger charge is -2.15. The second kappa shape index (κ2) is 7.17. The van der Waals surface area contributed by atoms with Crippen LogP contribution in [0, 0.1) is 0 Å². The van der Waals surface area contributed by atoms with Gasteiger partial charge >= 0.3 is 0 Å². The average Bonchev–Trinajstić information content (AvgIpc) is 2.45. The molecule has 0 fully saturated rings. The fourth-order valence-corrected chi connectivity index (χ4v) is 2.15. The molecule has 1 N–H and O–H groups in total. The molecule has 3 nitrogen and oxygen atoms in total. The first-order valence-corrected chi connectivity index (χ1v) is 6.95. The van der Waals surface area contributed by atoms with E-state index in [4.69, 9.17) is 21.1 Å². The molecule has 2 rings (SSSR count). The molecule has 0 amide bonds. The van der Waals surface area contributed by atoms with Gasteiger partial charge in [0.25, 0.3) is 0 Å². The molecule has 0 atom stereocenters. The Bertz CT molecular complexity index is 572. The van der Waals surface area contributed by atoms with Gasteiger partial charge in [0.15, 0.2) is 17.2 Å².